The molecule has 0 radical (unpaired) electrons. The molecule has 0 aromatic carbocycles. The molecule has 0 aliphatic rings. The van der Waals surface area contributed by atoms with Gasteiger partial charge >= 0.3 is 0 Å². The van der Waals surface area contributed by atoms with Crippen molar-refractivity contribution in [3.05, 3.63) is 28.5 Å². The molecule has 0 fully saturated rings. The van der Waals surface area contributed by atoms with Gasteiger partial charge in [-0.15, -0.1) is 0 Å². The Morgan fingerprint density at radius 1 is 1.58 bits per heavy atom. The fraction of sp³-hybridized carbons (Fsp3) is 0.375. The second-order valence-corrected chi connectivity index (χ2v) is 2.78. The predicted molar refractivity (Wildman–Crippen MR) is 46.0 cm³/mol. The molecule has 1 rings (SSSR count). The van der Waals surface area contributed by atoms with Gasteiger partial charge in [0.15, 0.2) is 6.29 Å². The van der Waals surface area contributed by atoms with Gasteiger partial charge in [0, 0.05) is 18.4 Å². The van der Waals surface area contributed by atoms with Gasteiger partial charge in [0.2, 0.25) is 0 Å². The minimum atomic E-state index is -0.995. The number of methoxy groups -OCH3 is 1. The lowest BCUT2D eigenvalue weighted by atomic mass is 10.2. The van der Waals surface area contributed by atoms with Crippen LogP contribution in [0.25, 0.3) is 0 Å². The SMILES string of the molecule is COC(O)c1ccc(C)nc1Cl. The molecule has 12 heavy (non-hydrogen) atoms. The molecule has 0 amide bonds. The van der Waals surface area contributed by atoms with Gasteiger partial charge in [-0.2, -0.15) is 0 Å². The van der Waals surface area contributed by atoms with Crippen molar-refractivity contribution in [1.29, 1.82) is 0 Å². The highest BCUT2D eigenvalue weighted by atomic mass is 35.5. The number of aromatic nitrogens is 1. The van der Waals surface area contributed by atoms with Gasteiger partial charge in [-0.05, 0) is 19.1 Å². The van der Waals surface area contributed by atoms with E-state index >= 15 is 0 Å². The number of ether oxygens (including phenoxy) is 1. The van der Waals surface area contributed by atoms with Crippen molar-refractivity contribution in [2.45, 2.75) is 13.2 Å². The van der Waals surface area contributed by atoms with Gasteiger partial charge in [-0.3, -0.25) is 0 Å². The van der Waals surface area contributed by atoms with Gasteiger partial charge in [-0.1, -0.05) is 11.6 Å². The highest BCUT2D eigenvalue weighted by molar-refractivity contribution is 6.30. The third-order valence-electron chi connectivity index (χ3n) is 1.51. The Morgan fingerprint density at radius 3 is 2.75 bits per heavy atom. The largest absolute Gasteiger partial charge is 0.364 e. The van der Waals surface area contributed by atoms with Crippen LogP contribution in [0.2, 0.25) is 5.15 Å². The van der Waals surface area contributed by atoms with E-state index in [9.17, 15) is 5.11 Å². The smallest absolute Gasteiger partial charge is 0.183 e. The highest BCUT2D eigenvalue weighted by Crippen LogP contribution is 2.21. The van der Waals surface area contributed by atoms with E-state index in [2.05, 4.69) is 9.72 Å². The number of pyridine rings is 1. The maximum absolute atomic E-state index is 9.25. The van der Waals surface area contributed by atoms with Crippen LogP contribution in [0.4, 0.5) is 0 Å². The van der Waals surface area contributed by atoms with E-state index in [-0.39, 0.29) is 5.15 Å². The molecule has 3 nitrogen and oxygen atoms in total. The van der Waals surface area contributed by atoms with Crippen LogP contribution in [-0.4, -0.2) is 17.2 Å². The fourth-order valence-electron chi connectivity index (χ4n) is 0.847. The number of nitrogens with zero attached hydrogens (tertiary/aromatic N) is 1. The molecule has 1 heterocycles. The number of hydrogen-bond donors (Lipinski definition) is 1. The van der Waals surface area contributed by atoms with E-state index in [4.69, 9.17) is 11.6 Å². The Bertz CT molecular complexity index is 278. The van der Waals surface area contributed by atoms with Crippen molar-refractivity contribution in [1.82, 2.24) is 4.98 Å². The van der Waals surface area contributed by atoms with Gasteiger partial charge in [0.05, 0.1) is 0 Å². The van der Waals surface area contributed by atoms with Gasteiger partial charge in [-0.25, -0.2) is 4.98 Å². The maximum atomic E-state index is 9.25. The summed E-state index contributed by atoms with van der Waals surface area (Å²) >= 11 is 5.75. The zero-order valence-electron chi connectivity index (χ0n) is 6.91. The summed E-state index contributed by atoms with van der Waals surface area (Å²) in [7, 11) is 1.40. The molecule has 4 heteroatoms. The second-order valence-electron chi connectivity index (χ2n) is 2.42. The van der Waals surface area contributed by atoms with Gasteiger partial charge in [0.1, 0.15) is 5.15 Å². The number of rotatable bonds is 2. The molecule has 0 aliphatic heterocycles. The average molecular weight is 188 g/mol. The molecule has 1 N–H and O–H groups in total. The second kappa shape index (κ2) is 3.85. The number of halogens is 1. The van der Waals surface area contributed by atoms with E-state index in [1.165, 1.54) is 7.11 Å². The molecule has 66 valence electrons. The average Bonchev–Trinajstić information content (AvgIpc) is 2.03. The van der Waals surface area contributed by atoms with Crippen LogP contribution in [0.1, 0.15) is 17.5 Å². The van der Waals surface area contributed by atoms with Gasteiger partial charge < -0.3 is 9.84 Å². The molecular formula is C8H10ClNO2. The van der Waals surface area contributed by atoms with Crippen LogP contribution in [0.5, 0.6) is 0 Å². The number of aliphatic hydroxyl groups excluding tert-OH is 1. The zero-order valence-corrected chi connectivity index (χ0v) is 7.67. The Morgan fingerprint density at radius 2 is 2.25 bits per heavy atom. The summed E-state index contributed by atoms with van der Waals surface area (Å²) in [5.41, 5.74) is 1.30. The summed E-state index contributed by atoms with van der Waals surface area (Å²) < 4.78 is 4.69. The van der Waals surface area contributed by atoms with Crippen LogP contribution in [0.15, 0.2) is 12.1 Å². The predicted octanol–water partition coefficient (Wildman–Crippen LogP) is 1.68. The van der Waals surface area contributed by atoms with E-state index in [0.717, 1.165) is 5.69 Å². The van der Waals surface area contributed by atoms with Crippen LogP contribution in [0, 0.1) is 6.92 Å². The van der Waals surface area contributed by atoms with E-state index in [1.54, 1.807) is 12.1 Å². The third-order valence-corrected chi connectivity index (χ3v) is 1.81. The minimum Gasteiger partial charge on any atom is -0.364 e. The molecular weight excluding hydrogens is 178 g/mol. The van der Waals surface area contributed by atoms with Gasteiger partial charge in [0.25, 0.3) is 0 Å². The van der Waals surface area contributed by atoms with Crippen LogP contribution in [0.3, 0.4) is 0 Å². The standard InChI is InChI=1S/C8H10ClNO2/c1-5-3-4-6(7(9)10-5)8(11)12-2/h3-4,8,11H,1-2H3. The molecule has 1 unspecified atom stereocenters. The lowest BCUT2D eigenvalue weighted by Crippen LogP contribution is -2.01. The van der Waals surface area contributed by atoms with Crippen LogP contribution >= 0.6 is 11.6 Å². The topological polar surface area (TPSA) is 42.4 Å². The fourth-order valence-corrected chi connectivity index (χ4v) is 1.14. The van der Waals surface area contributed by atoms with Crippen molar-refractivity contribution in [3.8, 4) is 0 Å². The molecule has 0 saturated carbocycles. The van der Waals surface area contributed by atoms with Crippen molar-refractivity contribution >= 4 is 11.6 Å². The first-order valence-electron chi connectivity index (χ1n) is 3.49. The summed E-state index contributed by atoms with van der Waals surface area (Å²) in [6.07, 6.45) is -0.995. The van der Waals surface area contributed by atoms with Crippen LogP contribution < -0.4 is 0 Å². The number of hydrogen-bond acceptors (Lipinski definition) is 3. The Hall–Kier alpha value is -0.640. The number of aryl methyl sites for hydroxylation is 1. The van der Waals surface area contributed by atoms with E-state index in [0.29, 0.717) is 5.56 Å². The number of aliphatic hydroxyl groups is 1. The Labute approximate surface area is 76.0 Å². The summed E-state index contributed by atoms with van der Waals surface area (Å²) in [5, 5.41) is 9.54. The summed E-state index contributed by atoms with van der Waals surface area (Å²) in [4.78, 5) is 3.97. The molecule has 0 saturated heterocycles. The Balaban J connectivity index is 3.01. The summed E-state index contributed by atoms with van der Waals surface area (Å²) in [6.45, 7) is 1.83. The molecule has 1 aromatic rings. The third kappa shape index (κ3) is 1.94. The molecule has 0 bridgehead atoms. The lowest BCUT2D eigenvalue weighted by Gasteiger charge is -2.09. The van der Waals surface area contributed by atoms with Crippen molar-refractivity contribution in [2.24, 2.45) is 0 Å². The summed E-state index contributed by atoms with van der Waals surface area (Å²) in [6, 6.07) is 3.46. The highest BCUT2D eigenvalue weighted by Gasteiger charge is 2.10. The first-order chi connectivity index (χ1) is 5.65. The first-order valence-corrected chi connectivity index (χ1v) is 3.87. The van der Waals surface area contributed by atoms with Crippen molar-refractivity contribution in [3.63, 3.8) is 0 Å². The normalized spacial score (nSPS) is 13.0. The molecule has 0 aliphatic carbocycles. The zero-order chi connectivity index (χ0) is 9.14. The monoisotopic (exact) mass is 187 g/mol. The van der Waals surface area contributed by atoms with E-state index < -0.39 is 6.29 Å². The Kier molecular flexibility index (Phi) is 3.03. The molecule has 1 atom stereocenters. The van der Waals surface area contributed by atoms with Crippen molar-refractivity contribution in [2.75, 3.05) is 7.11 Å². The minimum absolute atomic E-state index is 0.282. The molecule has 1 aromatic heterocycles. The quantitative estimate of drug-likeness (QED) is 0.566. The van der Waals surface area contributed by atoms with E-state index in [1.807, 2.05) is 6.92 Å². The van der Waals surface area contributed by atoms with Crippen molar-refractivity contribution < 1.29 is 9.84 Å². The summed E-state index contributed by atoms with van der Waals surface area (Å²) in [5.74, 6) is 0. The van der Waals surface area contributed by atoms with Crippen LogP contribution in [-0.2, 0) is 4.74 Å². The molecule has 0 spiro atoms. The lowest BCUT2D eigenvalue weighted by molar-refractivity contribution is -0.0770. The first kappa shape index (κ1) is 9.45. The maximum Gasteiger partial charge on any atom is 0.183 e.